The monoisotopic (exact) mass is 573 g/mol. The fourth-order valence-electron chi connectivity index (χ4n) is 5.62. The Morgan fingerprint density at radius 1 is 1.11 bits per heavy atom. The molecule has 0 radical (unpaired) electrons. The standard InChI is InChI=1S/C25H47N3O8Si2/c1-15(2)37(16(3)4)33-14-19-22(35-38(36-37,17(5)6)18(7)8)23(32-13-11-21(29)31-9)24(34-19)28-12-10-20(26)27-25(28)30/h10,12,15-20,22-24H,11,13-14,26H2,1-9H3,(H,27,30)/t19-,20?,22+,23?,24-/m1/s1. The summed E-state index contributed by atoms with van der Waals surface area (Å²) in [6, 6.07) is -0.401. The van der Waals surface area contributed by atoms with Gasteiger partial charge in [0.05, 0.1) is 32.9 Å². The number of nitrogens with zero attached hydrogens (tertiary/aromatic N) is 1. The van der Waals surface area contributed by atoms with Crippen LogP contribution in [0.2, 0.25) is 22.2 Å². The van der Waals surface area contributed by atoms with Gasteiger partial charge >= 0.3 is 29.1 Å². The van der Waals surface area contributed by atoms with Crippen LogP contribution in [0.5, 0.6) is 0 Å². The lowest BCUT2D eigenvalue weighted by molar-refractivity contribution is -0.143. The molecule has 2 amide bonds. The van der Waals surface area contributed by atoms with Gasteiger partial charge in [-0.05, 0) is 28.2 Å². The van der Waals surface area contributed by atoms with Crippen LogP contribution in [0.1, 0.15) is 61.8 Å². The summed E-state index contributed by atoms with van der Waals surface area (Å²) < 4.78 is 38.8. The maximum atomic E-state index is 12.9. The molecule has 3 aliphatic heterocycles. The van der Waals surface area contributed by atoms with Gasteiger partial charge in [-0.25, -0.2) is 4.79 Å². The minimum Gasteiger partial charge on any atom is -0.469 e. The normalized spacial score (nSPS) is 30.9. The number of hydrogen-bond acceptors (Lipinski definition) is 9. The highest BCUT2D eigenvalue weighted by Crippen LogP contribution is 2.48. The topological polar surface area (TPSA) is 131 Å². The lowest BCUT2D eigenvalue weighted by Gasteiger charge is -2.51. The van der Waals surface area contributed by atoms with Crippen LogP contribution in [0.4, 0.5) is 4.79 Å². The zero-order valence-corrected chi connectivity index (χ0v) is 26.3. The molecule has 0 saturated carbocycles. The zero-order valence-electron chi connectivity index (χ0n) is 24.3. The summed E-state index contributed by atoms with van der Waals surface area (Å²) in [6.07, 6.45) is 0.170. The molecule has 0 aromatic carbocycles. The van der Waals surface area contributed by atoms with Crippen LogP contribution in [0.15, 0.2) is 12.3 Å². The molecule has 13 heteroatoms. The van der Waals surface area contributed by atoms with Gasteiger partial charge in [0.15, 0.2) is 6.23 Å². The van der Waals surface area contributed by atoms with Gasteiger partial charge in [0.25, 0.3) is 0 Å². The second-order valence-corrected chi connectivity index (χ2v) is 20.4. The van der Waals surface area contributed by atoms with Gasteiger partial charge in [-0.3, -0.25) is 9.69 Å². The van der Waals surface area contributed by atoms with Crippen molar-refractivity contribution in [3.63, 3.8) is 0 Å². The van der Waals surface area contributed by atoms with Gasteiger partial charge in [0, 0.05) is 6.20 Å². The van der Waals surface area contributed by atoms with E-state index in [1.165, 1.54) is 12.0 Å². The highest BCUT2D eigenvalue weighted by molar-refractivity contribution is 6.84. The van der Waals surface area contributed by atoms with Crippen LogP contribution in [0.3, 0.4) is 0 Å². The first kappa shape index (κ1) is 31.2. The first-order valence-electron chi connectivity index (χ1n) is 13.7. The van der Waals surface area contributed by atoms with Crippen molar-refractivity contribution >= 4 is 29.1 Å². The van der Waals surface area contributed by atoms with Gasteiger partial charge in [0.1, 0.15) is 18.3 Å². The van der Waals surface area contributed by atoms with Crippen molar-refractivity contribution in [2.24, 2.45) is 5.73 Å². The number of amides is 2. The number of methoxy groups -OCH3 is 1. The number of hydrogen-bond donors (Lipinski definition) is 2. The minimum atomic E-state index is -2.96. The van der Waals surface area contributed by atoms with Crippen molar-refractivity contribution in [3.05, 3.63) is 12.3 Å². The summed E-state index contributed by atoms with van der Waals surface area (Å²) in [5, 5.41) is 2.70. The second kappa shape index (κ2) is 12.5. The highest BCUT2D eigenvalue weighted by Gasteiger charge is 2.62. The summed E-state index contributed by atoms with van der Waals surface area (Å²) >= 11 is 0. The molecule has 218 valence electrons. The van der Waals surface area contributed by atoms with Crippen LogP contribution < -0.4 is 11.1 Å². The molecule has 5 atom stereocenters. The molecule has 3 rings (SSSR count). The molecule has 0 aromatic heterocycles. The fraction of sp³-hybridized carbons (Fsp3) is 0.840. The number of rotatable bonds is 9. The largest absolute Gasteiger partial charge is 0.469 e. The van der Waals surface area contributed by atoms with Crippen LogP contribution in [0, 0.1) is 0 Å². The first-order valence-corrected chi connectivity index (χ1v) is 17.6. The minimum absolute atomic E-state index is 0.0602. The van der Waals surface area contributed by atoms with E-state index in [1.54, 1.807) is 12.3 Å². The van der Waals surface area contributed by atoms with Gasteiger partial charge in [0.2, 0.25) is 0 Å². The maximum Gasteiger partial charge on any atom is 0.335 e. The Kier molecular flexibility index (Phi) is 10.2. The maximum absolute atomic E-state index is 12.9. The number of nitrogens with one attached hydrogen (secondary N) is 1. The Hall–Kier alpha value is -1.33. The molecule has 2 unspecified atom stereocenters. The summed E-state index contributed by atoms with van der Waals surface area (Å²) in [6.45, 7) is 17.6. The van der Waals surface area contributed by atoms with E-state index >= 15 is 0 Å². The van der Waals surface area contributed by atoms with Gasteiger partial charge in [-0.2, -0.15) is 0 Å². The molecule has 3 N–H and O–H groups in total. The van der Waals surface area contributed by atoms with Crippen molar-refractivity contribution in [3.8, 4) is 0 Å². The van der Waals surface area contributed by atoms with Gasteiger partial charge in [-0.1, -0.05) is 55.4 Å². The molecule has 0 aliphatic carbocycles. The lowest BCUT2D eigenvalue weighted by Crippen LogP contribution is -2.66. The van der Waals surface area contributed by atoms with E-state index in [0.717, 1.165) is 0 Å². The molecule has 3 heterocycles. The Morgan fingerprint density at radius 2 is 1.71 bits per heavy atom. The third-order valence-corrected chi connectivity index (χ3v) is 18.0. The Morgan fingerprint density at radius 3 is 2.24 bits per heavy atom. The SMILES string of the molecule is COC(=O)CCOC1[C@H]2O[Si](C(C)C)(C(C)C)O[Si](C(C)C)(C(C)C)OC[C@H]2O[C@H]1N1C=CC(N)NC1=O. The van der Waals surface area contributed by atoms with Crippen LogP contribution in [0.25, 0.3) is 0 Å². The summed E-state index contributed by atoms with van der Waals surface area (Å²) in [5.74, 6) is -0.387. The van der Waals surface area contributed by atoms with E-state index in [9.17, 15) is 9.59 Å². The number of ether oxygens (including phenoxy) is 3. The highest BCUT2D eigenvalue weighted by atomic mass is 28.5. The van der Waals surface area contributed by atoms with Crippen LogP contribution in [-0.4, -0.2) is 85.1 Å². The first-order chi connectivity index (χ1) is 17.8. The Labute approximate surface area is 229 Å². The van der Waals surface area contributed by atoms with Crippen LogP contribution >= 0.6 is 0 Å². The summed E-state index contributed by atoms with van der Waals surface area (Å²) in [7, 11) is -4.38. The molecular weight excluding hydrogens is 526 g/mol. The quantitative estimate of drug-likeness (QED) is 0.315. The van der Waals surface area contributed by atoms with Crippen molar-refractivity contribution < 1.29 is 36.8 Å². The summed E-state index contributed by atoms with van der Waals surface area (Å²) in [4.78, 5) is 26.2. The van der Waals surface area contributed by atoms with Gasteiger partial charge < -0.3 is 38.2 Å². The Balaban J connectivity index is 2.06. The summed E-state index contributed by atoms with van der Waals surface area (Å²) in [5.41, 5.74) is 6.48. The van der Waals surface area contributed by atoms with Crippen molar-refractivity contribution in [2.75, 3.05) is 20.3 Å². The molecule has 11 nitrogen and oxygen atoms in total. The number of esters is 1. The number of nitrogens with two attached hydrogens (primary N) is 1. The van der Waals surface area contributed by atoms with E-state index in [4.69, 9.17) is 32.9 Å². The molecule has 0 bridgehead atoms. The molecule has 3 aliphatic rings. The molecule has 38 heavy (non-hydrogen) atoms. The predicted molar refractivity (Wildman–Crippen MR) is 146 cm³/mol. The third kappa shape index (κ3) is 6.04. The lowest BCUT2D eigenvalue weighted by atomic mass is 10.1. The molecule has 0 spiro atoms. The molecular formula is C25H47N3O8Si2. The van der Waals surface area contributed by atoms with Crippen molar-refractivity contribution in [1.82, 2.24) is 10.2 Å². The van der Waals surface area contributed by atoms with Crippen molar-refractivity contribution in [2.45, 2.75) is 115 Å². The number of carbonyl (C=O) groups is 2. The number of carbonyl (C=O) groups excluding carboxylic acids is 2. The predicted octanol–water partition coefficient (Wildman–Crippen LogP) is 3.44. The van der Waals surface area contributed by atoms with Crippen molar-refractivity contribution in [1.29, 1.82) is 0 Å². The smallest absolute Gasteiger partial charge is 0.335 e. The number of fused-ring (bicyclic) bond motifs is 1. The average molecular weight is 574 g/mol. The zero-order chi connectivity index (χ0) is 28.4. The second-order valence-electron chi connectivity index (χ2n) is 11.5. The average Bonchev–Trinajstić information content (AvgIpc) is 3.14. The van der Waals surface area contributed by atoms with E-state index in [2.05, 4.69) is 60.7 Å². The van der Waals surface area contributed by atoms with E-state index in [0.29, 0.717) is 0 Å². The molecule has 2 saturated heterocycles. The van der Waals surface area contributed by atoms with E-state index in [-0.39, 0.29) is 47.8 Å². The number of urea groups is 1. The van der Waals surface area contributed by atoms with Crippen LogP contribution in [-0.2, 0) is 32.0 Å². The Bertz CT molecular complexity index is 856. The molecule has 2 fully saturated rings. The molecule has 0 aromatic rings. The third-order valence-electron chi connectivity index (χ3n) is 7.71. The van der Waals surface area contributed by atoms with Gasteiger partial charge in [-0.15, -0.1) is 0 Å². The fourth-order valence-corrected chi connectivity index (χ4v) is 16.8. The van der Waals surface area contributed by atoms with E-state index < -0.39 is 53.9 Å². The van der Waals surface area contributed by atoms with E-state index in [1.807, 2.05) is 0 Å².